The molecule has 8 heteroatoms. The van der Waals surface area contributed by atoms with E-state index >= 15 is 0 Å². The van der Waals surface area contributed by atoms with E-state index in [1.54, 1.807) is 11.9 Å². The maximum Gasteiger partial charge on any atom is 0.291 e. The Morgan fingerprint density at radius 1 is 1.07 bits per heavy atom. The van der Waals surface area contributed by atoms with Gasteiger partial charge in [-0.25, -0.2) is 0 Å². The fourth-order valence-corrected chi connectivity index (χ4v) is 4.46. The molecule has 1 aliphatic rings. The maximum atomic E-state index is 13.0. The number of rotatable bonds is 3. The van der Waals surface area contributed by atoms with Crippen LogP contribution < -0.4 is 19.7 Å². The second-order valence-corrected chi connectivity index (χ2v) is 7.56. The van der Waals surface area contributed by atoms with Crippen molar-refractivity contribution >= 4 is 33.5 Å². The minimum Gasteiger partial charge on any atom is -0.494 e. The number of ether oxygens (including phenoxy) is 1. The summed E-state index contributed by atoms with van der Waals surface area (Å²) in [7, 11) is 1.71. The first-order chi connectivity index (χ1) is 14.1. The summed E-state index contributed by atoms with van der Waals surface area (Å²) in [6, 6.07) is 14.9. The van der Waals surface area contributed by atoms with Gasteiger partial charge < -0.3 is 9.64 Å². The summed E-state index contributed by atoms with van der Waals surface area (Å²) < 4.78 is 7.08. The number of benzene rings is 2. The monoisotopic (exact) mass is 404 g/mol. The summed E-state index contributed by atoms with van der Waals surface area (Å²) in [5.74, 6) is 1.03. The van der Waals surface area contributed by atoms with Crippen LogP contribution in [0.1, 0.15) is 12.5 Å². The largest absolute Gasteiger partial charge is 0.494 e. The topological polar surface area (TPSA) is 76.8 Å². The van der Waals surface area contributed by atoms with Crippen molar-refractivity contribution in [3.05, 3.63) is 69.0 Å². The first kappa shape index (κ1) is 17.6. The summed E-state index contributed by atoms with van der Waals surface area (Å²) in [4.78, 5) is 32.3. The number of para-hydroxylation sites is 1. The molecule has 0 fully saturated rings. The highest BCUT2D eigenvalue weighted by Gasteiger charge is 2.31. The zero-order valence-corrected chi connectivity index (χ0v) is 16.6. The highest BCUT2D eigenvalue weighted by molar-refractivity contribution is 7.15. The van der Waals surface area contributed by atoms with Crippen molar-refractivity contribution in [2.45, 2.75) is 6.92 Å². The van der Waals surface area contributed by atoms with Gasteiger partial charge in [0.05, 0.1) is 17.9 Å². The summed E-state index contributed by atoms with van der Waals surface area (Å²) in [6.07, 6.45) is 0. The number of hydrogen-bond donors (Lipinski definition) is 0. The van der Waals surface area contributed by atoms with Crippen LogP contribution in [0.3, 0.4) is 0 Å². The fourth-order valence-electron chi connectivity index (χ4n) is 3.46. The number of carbonyl (C=O) groups is 1. The SMILES string of the molecule is CCOc1ccc(-c2nc3s/c(=C4\C(=O)N(C)c5ccccc54)c(=O)n3n2)cc1. The number of thiazole rings is 1. The smallest absolute Gasteiger partial charge is 0.291 e. The van der Waals surface area contributed by atoms with Gasteiger partial charge >= 0.3 is 0 Å². The second-order valence-electron chi connectivity index (χ2n) is 6.58. The highest BCUT2D eigenvalue weighted by Crippen LogP contribution is 2.33. The first-order valence-corrected chi connectivity index (χ1v) is 9.94. The number of aromatic nitrogens is 3. The molecule has 0 saturated carbocycles. The van der Waals surface area contributed by atoms with Crippen molar-refractivity contribution in [2.75, 3.05) is 18.6 Å². The molecule has 29 heavy (non-hydrogen) atoms. The summed E-state index contributed by atoms with van der Waals surface area (Å²) in [5, 5.41) is 4.37. The highest BCUT2D eigenvalue weighted by atomic mass is 32.1. The Balaban J connectivity index is 1.65. The number of carbonyl (C=O) groups excluding carboxylic acids is 1. The lowest BCUT2D eigenvalue weighted by Crippen LogP contribution is -2.30. The van der Waals surface area contributed by atoms with Crippen molar-refractivity contribution in [3.63, 3.8) is 0 Å². The van der Waals surface area contributed by atoms with E-state index in [2.05, 4.69) is 10.1 Å². The second kappa shape index (κ2) is 6.52. The molecule has 1 amide bonds. The van der Waals surface area contributed by atoms with Crippen molar-refractivity contribution < 1.29 is 9.53 Å². The molecule has 0 bridgehead atoms. The van der Waals surface area contributed by atoms with Gasteiger partial charge in [-0.3, -0.25) is 9.59 Å². The average molecular weight is 404 g/mol. The molecule has 0 aliphatic carbocycles. The van der Waals surface area contributed by atoms with Crippen molar-refractivity contribution in [2.24, 2.45) is 0 Å². The lowest BCUT2D eigenvalue weighted by atomic mass is 10.1. The molecule has 2 aromatic heterocycles. The Bertz CT molecular complexity index is 1370. The molecular weight excluding hydrogens is 388 g/mol. The van der Waals surface area contributed by atoms with Crippen molar-refractivity contribution in [1.29, 1.82) is 0 Å². The minimum atomic E-state index is -0.330. The van der Waals surface area contributed by atoms with E-state index in [9.17, 15) is 9.59 Å². The Morgan fingerprint density at radius 2 is 1.83 bits per heavy atom. The molecule has 0 spiro atoms. The third-order valence-corrected chi connectivity index (χ3v) is 5.89. The molecule has 7 nitrogen and oxygen atoms in total. The minimum absolute atomic E-state index is 0.195. The quantitative estimate of drug-likeness (QED) is 0.523. The molecular formula is C21H16N4O3S. The number of fused-ring (bicyclic) bond motifs is 2. The normalized spacial score (nSPS) is 15.2. The number of amides is 1. The fraction of sp³-hybridized carbons (Fsp3) is 0.143. The van der Waals surface area contributed by atoms with Crippen LogP contribution in [0.4, 0.5) is 5.69 Å². The van der Waals surface area contributed by atoms with Crippen LogP contribution in [0, 0.1) is 0 Å². The van der Waals surface area contributed by atoms with E-state index in [0.717, 1.165) is 22.6 Å². The molecule has 0 radical (unpaired) electrons. The van der Waals surface area contributed by atoms with E-state index in [-0.39, 0.29) is 11.5 Å². The van der Waals surface area contributed by atoms with Gasteiger partial charge in [0, 0.05) is 18.2 Å². The van der Waals surface area contributed by atoms with Crippen LogP contribution in [-0.4, -0.2) is 34.2 Å². The molecule has 3 heterocycles. The standard InChI is InChI=1S/C21H16N4O3S/c1-3-28-13-10-8-12(9-11-13)18-22-21-25(23-18)20(27)17(29-21)16-14-6-4-5-7-15(14)24(2)19(16)26/h4-11H,3H2,1-2H3/b17-16-. The van der Waals surface area contributed by atoms with E-state index in [1.165, 1.54) is 15.9 Å². The zero-order chi connectivity index (χ0) is 20.1. The third kappa shape index (κ3) is 2.64. The zero-order valence-electron chi connectivity index (χ0n) is 15.7. The summed E-state index contributed by atoms with van der Waals surface area (Å²) in [5.41, 5.74) is 2.42. The summed E-state index contributed by atoms with van der Waals surface area (Å²) in [6.45, 7) is 2.52. The van der Waals surface area contributed by atoms with Gasteiger partial charge in [0.15, 0.2) is 5.82 Å². The molecule has 2 aromatic carbocycles. The van der Waals surface area contributed by atoms with Crippen LogP contribution in [0.15, 0.2) is 53.3 Å². The molecule has 144 valence electrons. The molecule has 5 rings (SSSR count). The lowest BCUT2D eigenvalue weighted by molar-refractivity contribution is -0.112. The molecule has 0 saturated heterocycles. The predicted molar refractivity (Wildman–Crippen MR) is 111 cm³/mol. The van der Waals surface area contributed by atoms with Crippen LogP contribution in [0.25, 0.3) is 21.9 Å². The molecule has 4 aromatic rings. The van der Waals surface area contributed by atoms with Gasteiger partial charge in [0.2, 0.25) is 4.96 Å². The van der Waals surface area contributed by atoms with Crippen molar-refractivity contribution in [1.82, 2.24) is 14.6 Å². The maximum absolute atomic E-state index is 13.0. The molecule has 0 N–H and O–H groups in total. The van der Waals surface area contributed by atoms with E-state index in [4.69, 9.17) is 4.74 Å². The van der Waals surface area contributed by atoms with Crippen LogP contribution in [-0.2, 0) is 4.79 Å². The van der Waals surface area contributed by atoms with E-state index in [0.29, 0.717) is 27.5 Å². The molecule has 1 aliphatic heterocycles. The van der Waals surface area contributed by atoms with Crippen molar-refractivity contribution in [3.8, 4) is 17.1 Å². The Kier molecular flexibility index (Phi) is 3.95. The van der Waals surface area contributed by atoms with E-state index in [1.807, 2.05) is 55.5 Å². The molecule has 0 unspecified atom stereocenters. The number of anilines is 1. The number of likely N-dealkylation sites (N-methyl/N-ethyl adjacent to an activating group) is 1. The average Bonchev–Trinajstić information content (AvgIpc) is 3.36. The van der Waals surface area contributed by atoms with Crippen LogP contribution in [0.2, 0.25) is 0 Å². The first-order valence-electron chi connectivity index (χ1n) is 9.13. The Labute approximate surface area is 169 Å². The van der Waals surface area contributed by atoms with E-state index < -0.39 is 0 Å². The Hall–Kier alpha value is -3.52. The van der Waals surface area contributed by atoms with Crippen LogP contribution >= 0.6 is 11.3 Å². The number of nitrogens with zero attached hydrogens (tertiary/aromatic N) is 4. The van der Waals surface area contributed by atoms with Gasteiger partial charge in [-0.2, -0.15) is 9.50 Å². The summed E-state index contributed by atoms with van der Waals surface area (Å²) >= 11 is 1.18. The number of hydrogen-bond acceptors (Lipinski definition) is 6. The third-order valence-electron chi connectivity index (χ3n) is 4.86. The Morgan fingerprint density at radius 3 is 2.55 bits per heavy atom. The van der Waals surface area contributed by atoms with Gasteiger partial charge in [0.1, 0.15) is 10.3 Å². The van der Waals surface area contributed by atoms with Gasteiger partial charge in [0.25, 0.3) is 11.5 Å². The lowest BCUT2D eigenvalue weighted by Gasteiger charge is -2.07. The van der Waals surface area contributed by atoms with Crippen LogP contribution in [0.5, 0.6) is 5.75 Å². The van der Waals surface area contributed by atoms with Gasteiger partial charge in [-0.1, -0.05) is 29.5 Å². The predicted octanol–water partition coefficient (Wildman–Crippen LogP) is 2.11. The molecule has 0 atom stereocenters. The van der Waals surface area contributed by atoms with Gasteiger partial charge in [-0.05, 0) is 37.3 Å². The van der Waals surface area contributed by atoms with Gasteiger partial charge in [-0.15, -0.1) is 5.10 Å².